The Kier molecular flexibility index (Phi) is 6.70. The molecule has 0 bridgehead atoms. The summed E-state index contributed by atoms with van der Waals surface area (Å²) in [5, 5.41) is 0. The second kappa shape index (κ2) is 9.23. The summed E-state index contributed by atoms with van der Waals surface area (Å²) >= 11 is 0. The Hall–Kier alpha value is -2.66. The van der Waals surface area contributed by atoms with Crippen molar-refractivity contribution in [2.24, 2.45) is 0 Å². The molecule has 0 spiro atoms. The van der Waals surface area contributed by atoms with Crippen LogP contribution in [0.1, 0.15) is 31.9 Å². The number of nitrogens with zero attached hydrogens (tertiary/aromatic N) is 2. The largest absolute Gasteiger partial charge is 0.444 e. The third-order valence-corrected chi connectivity index (χ3v) is 4.78. The predicted molar refractivity (Wildman–Crippen MR) is 114 cm³/mol. The van der Waals surface area contributed by atoms with Crippen molar-refractivity contribution in [2.75, 3.05) is 19.6 Å². The maximum absolute atomic E-state index is 14.0. The first-order valence-corrected chi connectivity index (χ1v) is 10.0. The van der Waals surface area contributed by atoms with Gasteiger partial charge in [-0.1, -0.05) is 60.7 Å². The summed E-state index contributed by atoms with van der Waals surface area (Å²) in [5.74, 6) is -0.274. The number of hydrogen-bond acceptors (Lipinski definition) is 3. The number of hydrogen-bond donors (Lipinski definition) is 0. The first-order chi connectivity index (χ1) is 13.8. The average molecular weight is 397 g/mol. The average Bonchev–Trinajstić information content (AvgIpc) is 2.67. The lowest BCUT2D eigenvalue weighted by Gasteiger charge is -2.40. The molecule has 0 N–H and O–H groups in total. The number of halogens is 1. The van der Waals surface area contributed by atoms with Gasteiger partial charge in [0.15, 0.2) is 0 Å². The van der Waals surface area contributed by atoms with Crippen LogP contribution >= 0.6 is 0 Å². The second-order valence-corrected chi connectivity index (χ2v) is 8.34. The van der Waals surface area contributed by atoms with E-state index in [9.17, 15) is 9.18 Å². The van der Waals surface area contributed by atoms with Gasteiger partial charge in [0.05, 0.1) is 6.04 Å². The van der Waals surface area contributed by atoms with Crippen LogP contribution in [-0.4, -0.2) is 47.2 Å². The molecule has 29 heavy (non-hydrogen) atoms. The van der Waals surface area contributed by atoms with Crippen molar-refractivity contribution in [3.63, 3.8) is 0 Å². The number of piperazine rings is 1. The van der Waals surface area contributed by atoms with Gasteiger partial charge in [-0.15, -0.1) is 0 Å². The molecule has 1 heterocycles. The molecule has 5 heteroatoms. The molecule has 0 aromatic heterocycles. The van der Waals surface area contributed by atoms with E-state index in [1.807, 2.05) is 45.0 Å². The van der Waals surface area contributed by atoms with Gasteiger partial charge < -0.3 is 4.74 Å². The van der Waals surface area contributed by atoms with Crippen molar-refractivity contribution >= 4 is 12.2 Å². The minimum atomic E-state index is -0.557. The van der Waals surface area contributed by atoms with Crippen molar-refractivity contribution in [3.8, 4) is 0 Å². The van der Waals surface area contributed by atoms with E-state index in [1.165, 1.54) is 11.6 Å². The summed E-state index contributed by atoms with van der Waals surface area (Å²) in [6, 6.07) is 16.7. The molecule has 0 saturated carbocycles. The summed E-state index contributed by atoms with van der Waals surface area (Å²) < 4.78 is 19.6. The highest BCUT2D eigenvalue weighted by atomic mass is 19.1. The Morgan fingerprint density at radius 2 is 1.79 bits per heavy atom. The fourth-order valence-electron chi connectivity index (χ4n) is 3.39. The minimum Gasteiger partial charge on any atom is -0.444 e. The van der Waals surface area contributed by atoms with Crippen LogP contribution in [0.2, 0.25) is 0 Å². The highest BCUT2D eigenvalue weighted by Crippen LogP contribution is 2.20. The zero-order chi connectivity index (χ0) is 20.9. The Balaban J connectivity index is 1.77. The molecule has 2 aromatic carbocycles. The molecule has 1 atom stereocenters. The van der Waals surface area contributed by atoms with Gasteiger partial charge in [0, 0.05) is 31.7 Å². The second-order valence-electron chi connectivity index (χ2n) is 8.34. The molecule has 0 unspecified atom stereocenters. The first-order valence-electron chi connectivity index (χ1n) is 10.0. The van der Waals surface area contributed by atoms with E-state index in [0.717, 1.165) is 13.1 Å². The molecule has 1 aliphatic rings. The van der Waals surface area contributed by atoms with Crippen molar-refractivity contribution in [1.29, 1.82) is 0 Å². The van der Waals surface area contributed by atoms with Gasteiger partial charge in [-0.05, 0) is 32.4 Å². The minimum absolute atomic E-state index is 0.193. The zero-order valence-electron chi connectivity index (χ0n) is 17.3. The number of benzene rings is 2. The number of amides is 1. The van der Waals surface area contributed by atoms with Crippen molar-refractivity contribution in [2.45, 2.75) is 39.0 Å². The highest BCUT2D eigenvalue weighted by Gasteiger charge is 2.32. The van der Waals surface area contributed by atoms with Gasteiger partial charge >= 0.3 is 6.09 Å². The number of carbonyl (C=O) groups excluding carboxylic acids is 1. The lowest BCUT2D eigenvalue weighted by Crippen LogP contribution is -2.55. The number of ether oxygens (including phenoxy) is 1. The molecular weight excluding hydrogens is 367 g/mol. The van der Waals surface area contributed by atoms with E-state index in [-0.39, 0.29) is 18.0 Å². The van der Waals surface area contributed by atoms with E-state index in [2.05, 4.69) is 17.0 Å². The van der Waals surface area contributed by atoms with E-state index in [4.69, 9.17) is 4.74 Å². The summed E-state index contributed by atoms with van der Waals surface area (Å²) in [5.41, 5.74) is 1.18. The van der Waals surface area contributed by atoms with E-state index < -0.39 is 5.60 Å². The Labute approximate surface area is 172 Å². The van der Waals surface area contributed by atoms with Crippen LogP contribution < -0.4 is 0 Å². The lowest BCUT2D eigenvalue weighted by molar-refractivity contribution is 0.00470. The molecule has 0 radical (unpaired) electrons. The Morgan fingerprint density at radius 3 is 2.48 bits per heavy atom. The van der Waals surface area contributed by atoms with Gasteiger partial charge in [0.1, 0.15) is 11.4 Å². The summed E-state index contributed by atoms with van der Waals surface area (Å²) in [7, 11) is 0. The van der Waals surface area contributed by atoms with Crippen LogP contribution in [0.15, 0.2) is 60.7 Å². The predicted octanol–water partition coefficient (Wildman–Crippen LogP) is 4.96. The molecule has 3 rings (SSSR count). The van der Waals surface area contributed by atoms with Crippen LogP contribution in [0.3, 0.4) is 0 Å². The third kappa shape index (κ3) is 6.16. The summed E-state index contributed by atoms with van der Waals surface area (Å²) in [6.45, 7) is 8.39. The molecule has 154 valence electrons. The molecule has 4 nitrogen and oxygen atoms in total. The van der Waals surface area contributed by atoms with Crippen molar-refractivity contribution < 1.29 is 13.9 Å². The fourth-order valence-corrected chi connectivity index (χ4v) is 3.39. The smallest absolute Gasteiger partial charge is 0.410 e. The van der Waals surface area contributed by atoms with Crippen LogP contribution in [0.25, 0.3) is 6.08 Å². The normalized spacial score (nSPS) is 18.2. The first kappa shape index (κ1) is 21.1. The van der Waals surface area contributed by atoms with E-state index >= 15 is 0 Å². The highest BCUT2D eigenvalue weighted by molar-refractivity contribution is 5.69. The van der Waals surface area contributed by atoms with Crippen molar-refractivity contribution in [1.82, 2.24) is 9.80 Å². The number of carbonyl (C=O) groups is 1. The fraction of sp³-hybridized carbons (Fsp3) is 0.375. The zero-order valence-corrected chi connectivity index (χ0v) is 17.3. The standard InChI is InChI=1S/C24H29FN2O2/c1-24(2,3)29-23(28)27-16-15-26(17-19-9-5-4-6-10-19)18-21(27)14-13-20-11-7-8-12-22(20)25/h4-14,21H,15-18H2,1-3H3/b14-13+/t21-/m1/s1. The lowest BCUT2D eigenvalue weighted by atomic mass is 10.1. The molecular formula is C24H29FN2O2. The van der Waals surface area contributed by atoms with Gasteiger partial charge in [-0.25, -0.2) is 9.18 Å². The summed E-state index contributed by atoms with van der Waals surface area (Å²) in [4.78, 5) is 16.8. The maximum atomic E-state index is 14.0. The molecule has 2 aromatic rings. The molecule has 1 fully saturated rings. The van der Waals surface area contributed by atoms with Gasteiger partial charge in [-0.3, -0.25) is 9.80 Å². The Morgan fingerprint density at radius 1 is 1.10 bits per heavy atom. The molecule has 0 aliphatic carbocycles. The Bertz CT molecular complexity index is 845. The van der Waals surface area contributed by atoms with Crippen molar-refractivity contribution in [3.05, 3.63) is 77.6 Å². The van der Waals surface area contributed by atoms with Crippen LogP contribution in [0.5, 0.6) is 0 Å². The third-order valence-electron chi connectivity index (χ3n) is 4.78. The maximum Gasteiger partial charge on any atom is 0.410 e. The van der Waals surface area contributed by atoms with Crippen LogP contribution in [0.4, 0.5) is 9.18 Å². The van der Waals surface area contributed by atoms with E-state index in [1.54, 1.807) is 29.2 Å². The van der Waals surface area contributed by atoms with Gasteiger partial charge in [0.2, 0.25) is 0 Å². The van der Waals surface area contributed by atoms with E-state index in [0.29, 0.717) is 18.7 Å². The molecule has 1 aliphatic heterocycles. The quantitative estimate of drug-likeness (QED) is 0.732. The monoisotopic (exact) mass is 396 g/mol. The summed E-state index contributed by atoms with van der Waals surface area (Å²) in [6.07, 6.45) is 3.32. The molecule has 1 saturated heterocycles. The van der Waals surface area contributed by atoms with Crippen LogP contribution in [0, 0.1) is 5.82 Å². The van der Waals surface area contributed by atoms with Gasteiger partial charge in [-0.2, -0.15) is 0 Å². The number of rotatable bonds is 4. The topological polar surface area (TPSA) is 32.8 Å². The van der Waals surface area contributed by atoms with Gasteiger partial charge in [0.25, 0.3) is 0 Å². The molecule has 1 amide bonds. The van der Waals surface area contributed by atoms with Crippen LogP contribution in [-0.2, 0) is 11.3 Å². The SMILES string of the molecule is CC(C)(C)OC(=O)N1CCN(Cc2ccccc2)C[C@H]1/C=C/c1ccccc1F.